The van der Waals surface area contributed by atoms with Gasteiger partial charge in [0.25, 0.3) is 5.91 Å². The number of hydrogen-bond donors (Lipinski definition) is 2. The Hall–Kier alpha value is -2.29. The van der Waals surface area contributed by atoms with Crippen LogP contribution < -0.4 is 11.1 Å². The molecule has 1 aromatic carbocycles. The molecule has 0 saturated heterocycles. The highest BCUT2D eigenvalue weighted by Crippen LogP contribution is 2.37. The largest absolute Gasteiger partial charge is 0.427 e. The molecule has 1 saturated carbocycles. The van der Waals surface area contributed by atoms with E-state index < -0.39 is 11.1 Å². The van der Waals surface area contributed by atoms with Crippen molar-refractivity contribution >= 4 is 28.1 Å². The molecule has 2 heterocycles. The van der Waals surface area contributed by atoms with Gasteiger partial charge >= 0.3 is 6.18 Å². The van der Waals surface area contributed by atoms with E-state index >= 15 is 0 Å². The van der Waals surface area contributed by atoms with Crippen molar-refractivity contribution in [2.75, 3.05) is 11.1 Å². The van der Waals surface area contributed by atoms with Crippen LogP contribution in [0, 0.1) is 0 Å². The summed E-state index contributed by atoms with van der Waals surface area (Å²) in [4.78, 5) is 17.7. The second kappa shape index (κ2) is 6.70. The highest BCUT2D eigenvalue weighted by Gasteiger charge is 2.37. The average molecular weight is 396 g/mol. The Kier molecular flexibility index (Phi) is 4.49. The van der Waals surface area contributed by atoms with Crippen molar-refractivity contribution in [3.8, 4) is 0 Å². The molecular weight excluding hydrogens is 377 g/mol. The van der Waals surface area contributed by atoms with E-state index in [-0.39, 0.29) is 23.1 Å². The molecule has 2 aliphatic rings. The molecule has 144 valence electrons. The molecule has 1 amide bonds. The van der Waals surface area contributed by atoms with E-state index in [1.165, 1.54) is 0 Å². The van der Waals surface area contributed by atoms with Crippen LogP contribution >= 0.6 is 11.3 Å². The van der Waals surface area contributed by atoms with Gasteiger partial charge in [0.2, 0.25) is 0 Å². The fraction of sp³-hybridized carbons (Fsp3) is 0.444. The Balaban J connectivity index is 1.44. The van der Waals surface area contributed by atoms with Crippen molar-refractivity contribution in [3.63, 3.8) is 0 Å². The number of nitrogens with one attached hydrogen (secondary N) is 1. The van der Waals surface area contributed by atoms with E-state index in [2.05, 4.69) is 10.3 Å². The molecule has 0 bridgehead atoms. The van der Waals surface area contributed by atoms with E-state index in [9.17, 15) is 18.0 Å². The Morgan fingerprint density at radius 2 is 2.11 bits per heavy atom. The van der Waals surface area contributed by atoms with Gasteiger partial charge in [-0.2, -0.15) is 13.2 Å². The van der Waals surface area contributed by atoms with Crippen LogP contribution in [0.5, 0.6) is 0 Å². The molecule has 1 aliphatic heterocycles. The van der Waals surface area contributed by atoms with Crippen molar-refractivity contribution in [3.05, 3.63) is 40.4 Å². The van der Waals surface area contributed by atoms with Gasteiger partial charge in [-0.15, -0.1) is 0 Å². The van der Waals surface area contributed by atoms with Crippen LogP contribution in [-0.4, -0.2) is 27.9 Å². The van der Waals surface area contributed by atoms with Crippen molar-refractivity contribution in [2.24, 2.45) is 0 Å². The summed E-state index contributed by atoms with van der Waals surface area (Å²) in [5.74, 6) is -0.0171. The molecule has 0 radical (unpaired) electrons. The third-order valence-electron chi connectivity index (χ3n) is 5.23. The molecule has 4 rings (SSSR count). The maximum atomic E-state index is 12.7. The zero-order chi connectivity index (χ0) is 19.2. The number of thiazole rings is 1. The van der Waals surface area contributed by atoms with Crippen molar-refractivity contribution in [1.29, 1.82) is 0 Å². The minimum atomic E-state index is -4.37. The number of hydrogen-bond acceptors (Lipinski definition) is 5. The Labute approximate surface area is 158 Å². The molecule has 9 heteroatoms. The van der Waals surface area contributed by atoms with E-state index in [1.54, 1.807) is 18.2 Å². The molecule has 0 spiro atoms. The summed E-state index contributed by atoms with van der Waals surface area (Å²) in [5, 5.41) is 3.39. The SMILES string of the molecule is Nc1cccc2c1CN([C@H]1CCC[C@@H](Nc3ncc(C(F)(F)F)s3)C1)C2=O. The third-order valence-corrected chi connectivity index (χ3v) is 6.21. The predicted octanol–water partition coefficient (Wildman–Crippen LogP) is 4.12. The minimum Gasteiger partial charge on any atom is -0.398 e. The van der Waals surface area contributed by atoms with Crippen LogP contribution in [0.1, 0.15) is 46.5 Å². The van der Waals surface area contributed by atoms with Crippen LogP contribution in [0.3, 0.4) is 0 Å². The number of halogens is 3. The number of anilines is 2. The highest BCUT2D eigenvalue weighted by molar-refractivity contribution is 7.15. The number of rotatable bonds is 3. The predicted molar refractivity (Wildman–Crippen MR) is 97.5 cm³/mol. The first kappa shape index (κ1) is 18.1. The van der Waals surface area contributed by atoms with E-state index in [4.69, 9.17) is 5.73 Å². The fourth-order valence-corrected chi connectivity index (χ4v) is 4.66. The second-order valence-corrected chi connectivity index (χ2v) is 8.03. The number of aromatic nitrogens is 1. The van der Waals surface area contributed by atoms with Gasteiger partial charge in [0.05, 0.1) is 6.20 Å². The fourth-order valence-electron chi connectivity index (χ4n) is 3.90. The molecule has 1 fully saturated rings. The van der Waals surface area contributed by atoms with Gasteiger partial charge in [-0.1, -0.05) is 17.4 Å². The third kappa shape index (κ3) is 3.47. The van der Waals surface area contributed by atoms with Crippen LogP contribution in [0.15, 0.2) is 24.4 Å². The minimum absolute atomic E-state index is 0.00940. The Morgan fingerprint density at radius 1 is 1.30 bits per heavy atom. The summed E-state index contributed by atoms with van der Waals surface area (Å²) in [5.41, 5.74) is 8.14. The van der Waals surface area contributed by atoms with Crippen molar-refractivity contribution in [2.45, 2.75) is 50.5 Å². The van der Waals surface area contributed by atoms with Gasteiger partial charge < -0.3 is 16.0 Å². The number of nitrogens with two attached hydrogens (primary N) is 1. The first-order valence-electron chi connectivity index (χ1n) is 8.81. The van der Waals surface area contributed by atoms with Gasteiger partial charge in [-0.05, 0) is 37.8 Å². The first-order valence-corrected chi connectivity index (χ1v) is 9.62. The summed E-state index contributed by atoms with van der Waals surface area (Å²) < 4.78 is 38.2. The van der Waals surface area contributed by atoms with Crippen LogP contribution in [0.4, 0.5) is 24.0 Å². The molecule has 2 atom stereocenters. The van der Waals surface area contributed by atoms with E-state index in [0.29, 0.717) is 35.6 Å². The molecule has 0 unspecified atom stereocenters. The molecular formula is C18H19F3N4OS. The molecule has 5 nitrogen and oxygen atoms in total. The quantitative estimate of drug-likeness (QED) is 0.766. The smallest absolute Gasteiger partial charge is 0.398 e. The lowest BCUT2D eigenvalue weighted by Crippen LogP contribution is -2.42. The zero-order valence-electron chi connectivity index (χ0n) is 14.4. The molecule has 2 aromatic rings. The van der Waals surface area contributed by atoms with Gasteiger partial charge in [-0.25, -0.2) is 4.98 Å². The number of nitrogen functional groups attached to an aromatic ring is 1. The molecule has 3 N–H and O–H groups in total. The van der Waals surface area contributed by atoms with Crippen LogP contribution in [0.25, 0.3) is 0 Å². The lowest BCUT2D eigenvalue weighted by molar-refractivity contribution is -0.134. The van der Waals surface area contributed by atoms with E-state index in [0.717, 1.165) is 31.0 Å². The summed E-state index contributed by atoms with van der Waals surface area (Å²) in [6.07, 6.45) is -0.217. The van der Waals surface area contributed by atoms with Crippen molar-refractivity contribution < 1.29 is 18.0 Å². The number of nitrogens with zero attached hydrogens (tertiary/aromatic N) is 2. The highest BCUT2D eigenvalue weighted by atomic mass is 32.1. The Morgan fingerprint density at radius 3 is 2.81 bits per heavy atom. The number of carbonyl (C=O) groups excluding carboxylic acids is 1. The topological polar surface area (TPSA) is 71.2 Å². The molecule has 27 heavy (non-hydrogen) atoms. The zero-order valence-corrected chi connectivity index (χ0v) is 15.2. The summed E-state index contributed by atoms with van der Waals surface area (Å²) in [7, 11) is 0. The average Bonchev–Trinajstić information content (AvgIpc) is 3.21. The van der Waals surface area contributed by atoms with Crippen LogP contribution in [0.2, 0.25) is 0 Å². The number of benzene rings is 1. The Bertz CT molecular complexity index is 867. The number of carbonyl (C=O) groups is 1. The summed E-state index contributed by atoms with van der Waals surface area (Å²) in [6.45, 7) is 0.494. The number of amides is 1. The lowest BCUT2D eigenvalue weighted by atomic mass is 9.90. The summed E-state index contributed by atoms with van der Waals surface area (Å²) >= 11 is 0.615. The lowest BCUT2D eigenvalue weighted by Gasteiger charge is -2.35. The second-order valence-electron chi connectivity index (χ2n) is 7.00. The van der Waals surface area contributed by atoms with Crippen molar-refractivity contribution in [1.82, 2.24) is 9.88 Å². The number of alkyl halides is 3. The van der Waals surface area contributed by atoms with Crippen LogP contribution in [-0.2, 0) is 12.7 Å². The summed E-state index contributed by atoms with van der Waals surface area (Å²) in [6, 6.07) is 5.39. The molecule has 1 aliphatic carbocycles. The van der Waals surface area contributed by atoms with Gasteiger partial charge in [0, 0.05) is 35.4 Å². The number of fused-ring (bicyclic) bond motifs is 1. The molecule has 1 aromatic heterocycles. The van der Waals surface area contributed by atoms with Gasteiger partial charge in [0.1, 0.15) is 4.88 Å². The standard InChI is InChI=1S/C18H19F3N4OS/c19-18(20,21)15-8-23-17(27-15)24-10-3-1-4-11(7-10)25-9-13-12(16(25)26)5-2-6-14(13)22/h2,5-6,8,10-11H,1,3-4,7,9,22H2,(H,23,24)/t10-,11+/m1/s1. The maximum Gasteiger partial charge on any atom is 0.427 e. The van der Waals surface area contributed by atoms with E-state index in [1.807, 2.05) is 4.90 Å². The first-order chi connectivity index (χ1) is 12.8. The van der Waals surface area contributed by atoms with Gasteiger partial charge in [0.15, 0.2) is 5.13 Å². The monoisotopic (exact) mass is 396 g/mol. The maximum absolute atomic E-state index is 12.7. The normalized spacial score (nSPS) is 22.8. The van der Waals surface area contributed by atoms with Gasteiger partial charge in [-0.3, -0.25) is 4.79 Å².